The van der Waals surface area contributed by atoms with Gasteiger partial charge in [-0.2, -0.15) is 0 Å². The fourth-order valence-electron chi connectivity index (χ4n) is 4.92. The molecule has 6 aromatic carbocycles. The summed E-state index contributed by atoms with van der Waals surface area (Å²) in [6.07, 6.45) is 0. The number of hydrogen-bond acceptors (Lipinski definition) is 2. The van der Waals surface area contributed by atoms with Gasteiger partial charge in [-0.25, -0.2) is 0 Å². The first-order valence-corrected chi connectivity index (χ1v) is 11.4. The predicted octanol–water partition coefficient (Wildman–Crippen LogP) is 8.50. The van der Waals surface area contributed by atoms with Gasteiger partial charge >= 0.3 is 0 Å². The van der Waals surface area contributed by atoms with E-state index in [0.717, 1.165) is 22.6 Å². The minimum absolute atomic E-state index is 0.862. The van der Waals surface area contributed by atoms with Gasteiger partial charge in [0.15, 0.2) is 0 Å². The van der Waals surface area contributed by atoms with Crippen LogP contribution in [0, 0.1) is 0 Å². The third-order valence-corrected chi connectivity index (χ3v) is 6.64. The van der Waals surface area contributed by atoms with Gasteiger partial charge in [-0.3, -0.25) is 0 Å². The Balaban J connectivity index is 1.66. The Kier molecular flexibility index (Phi) is 4.92. The van der Waals surface area contributed by atoms with E-state index < -0.39 is 0 Å². The summed E-state index contributed by atoms with van der Waals surface area (Å²) in [7, 11) is 3.42. The average molecular weight is 441 g/mol. The molecule has 6 aromatic rings. The fraction of sp³-hybridized carbons (Fsp3) is 0.0625. The standard InChI is InChI=1S/C32H24O2/c1-33-25-9-5-7-21(17-25)23-13-15-29-27-11-3-4-12-28(27)30-16-14-24(20-32(30)31(29)19-23)22-8-6-10-26(18-22)34-2/h3-20H,1-2H3. The average Bonchev–Trinajstić information content (AvgIpc) is 2.92. The maximum atomic E-state index is 5.47. The van der Waals surface area contributed by atoms with Crippen molar-refractivity contribution in [2.45, 2.75) is 0 Å². The highest BCUT2D eigenvalue weighted by Gasteiger charge is 2.12. The molecule has 0 atom stereocenters. The van der Waals surface area contributed by atoms with Gasteiger partial charge in [-0.1, -0.05) is 72.8 Å². The van der Waals surface area contributed by atoms with E-state index >= 15 is 0 Å². The van der Waals surface area contributed by atoms with E-state index in [1.807, 2.05) is 24.3 Å². The smallest absolute Gasteiger partial charge is 0.119 e. The minimum atomic E-state index is 0.862. The molecule has 0 radical (unpaired) electrons. The van der Waals surface area contributed by atoms with Crippen LogP contribution in [-0.2, 0) is 0 Å². The summed E-state index contributed by atoms with van der Waals surface area (Å²) in [5.41, 5.74) is 4.64. The molecule has 0 aliphatic rings. The zero-order valence-corrected chi connectivity index (χ0v) is 19.2. The maximum Gasteiger partial charge on any atom is 0.119 e. The van der Waals surface area contributed by atoms with E-state index in [9.17, 15) is 0 Å². The zero-order valence-electron chi connectivity index (χ0n) is 19.2. The molecule has 0 saturated carbocycles. The second kappa shape index (κ2) is 8.24. The number of hydrogen-bond donors (Lipinski definition) is 0. The van der Waals surface area contributed by atoms with Gasteiger partial charge in [-0.05, 0) is 91.0 Å². The van der Waals surface area contributed by atoms with Crippen molar-refractivity contribution in [2.24, 2.45) is 0 Å². The van der Waals surface area contributed by atoms with Crippen LogP contribution >= 0.6 is 0 Å². The maximum absolute atomic E-state index is 5.47. The Labute approximate surface area is 199 Å². The number of ether oxygens (including phenoxy) is 2. The summed E-state index contributed by atoms with van der Waals surface area (Å²) >= 11 is 0. The lowest BCUT2D eigenvalue weighted by Crippen LogP contribution is -1.88. The van der Waals surface area contributed by atoms with Gasteiger partial charge in [0.05, 0.1) is 14.2 Å². The van der Waals surface area contributed by atoms with Crippen LogP contribution in [0.2, 0.25) is 0 Å². The zero-order chi connectivity index (χ0) is 23.1. The minimum Gasteiger partial charge on any atom is -0.497 e. The molecular weight excluding hydrogens is 416 g/mol. The molecule has 6 rings (SSSR count). The lowest BCUT2D eigenvalue weighted by atomic mass is 9.90. The Morgan fingerprint density at radius 2 is 0.765 bits per heavy atom. The molecule has 0 N–H and O–H groups in total. The molecule has 0 saturated heterocycles. The van der Waals surface area contributed by atoms with Gasteiger partial charge in [0, 0.05) is 0 Å². The van der Waals surface area contributed by atoms with Crippen LogP contribution in [-0.4, -0.2) is 14.2 Å². The van der Waals surface area contributed by atoms with Crippen molar-refractivity contribution in [2.75, 3.05) is 14.2 Å². The number of rotatable bonds is 4. The van der Waals surface area contributed by atoms with E-state index in [2.05, 4.69) is 84.9 Å². The highest BCUT2D eigenvalue weighted by molar-refractivity contribution is 6.26. The Bertz CT molecular complexity index is 1550. The summed E-state index contributed by atoms with van der Waals surface area (Å²) in [5.74, 6) is 1.72. The quantitative estimate of drug-likeness (QED) is 0.256. The van der Waals surface area contributed by atoms with E-state index in [1.54, 1.807) is 14.2 Å². The van der Waals surface area contributed by atoms with Crippen molar-refractivity contribution in [1.29, 1.82) is 0 Å². The number of benzene rings is 6. The summed E-state index contributed by atoms with van der Waals surface area (Å²) < 4.78 is 10.9. The van der Waals surface area contributed by atoms with E-state index in [-0.39, 0.29) is 0 Å². The molecule has 164 valence electrons. The second-order valence-electron chi connectivity index (χ2n) is 8.53. The number of fused-ring (bicyclic) bond motifs is 6. The molecule has 2 heteroatoms. The summed E-state index contributed by atoms with van der Waals surface area (Å²) in [6.45, 7) is 0. The SMILES string of the molecule is COc1cccc(-c2ccc3c4ccccc4c4ccc(-c5cccc(OC)c5)cc4c3c2)c1. The molecule has 0 bridgehead atoms. The van der Waals surface area contributed by atoms with Crippen LogP contribution in [0.15, 0.2) is 109 Å². The molecule has 0 spiro atoms. The van der Waals surface area contributed by atoms with Crippen molar-refractivity contribution in [3.05, 3.63) is 109 Å². The van der Waals surface area contributed by atoms with Crippen molar-refractivity contribution >= 4 is 32.3 Å². The number of methoxy groups -OCH3 is 2. The second-order valence-corrected chi connectivity index (χ2v) is 8.53. The van der Waals surface area contributed by atoms with Crippen molar-refractivity contribution in [1.82, 2.24) is 0 Å². The van der Waals surface area contributed by atoms with E-state index in [4.69, 9.17) is 9.47 Å². The summed E-state index contributed by atoms with van der Waals surface area (Å²) in [5, 5.41) is 7.57. The molecule has 0 aliphatic heterocycles. The van der Waals surface area contributed by atoms with E-state index in [0.29, 0.717) is 0 Å². The van der Waals surface area contributed by atoms with Crippen molar-refractivity contribution in [3.8, 4) is 33.8 Å². The first-order valence-electron chi connectivity index (χ1n) is 11.4. The Morgan fingerprint density at radius 1 is 0.353 bits per heavy atom. The lowest BCUT2D eigenvalue weighted by molar-refractivity contribution is 0.415. The summed E-state index contributed by atoms with van der Waals surface area (Å²) in [4.78, 5) is 0. The van der Waals surface area contributed by atoms with Crippen LogP contribution in [0.25, 0.3) is 54.6 Å². The Morgan fingerprint density at radius 3 is 1.21 bits per heavy atom. The molecule has 0 unspecified atom stereocenters. The lowest BCUT2D eigenvalue weighted by Gasteiger charge is -2.14. The molecule has 0 heterocycles. The van der Waals surface area contributed by atoms with Crippen LogP contribution < -0.4 is 9.47 Å². The topological polar surface area (TPSA) is 18.5 Å². The predicted molar refractivity (Wildman–Crippen MR) is 143 cm³/mol. The van der Waals surface area contributed by atoms with Crippen LogP contribution in [0.5, 0.6) is 11.5 Å². The monoisotopic (exact) mass is 440 g/mol. The molecule has 0 aliphatic carbocycles. The Hall–Kier alpha value is -4.30. The molecule has 2 nitrogen and oxygen atoms in total. The highest BCUT2D eigenvalue weighted by Crippen LogP contribution is 2.39. The van der Waals surface area contributed by atoms with Gasteiger partial charge in [0.25, 0.3) is 0 Å². The largest absolute Gasteiger partial charge is 0.497 e. The third kappa shape index (κ3) is 3.36. The van der Waals surface area contributed by atoms with E-state index in [1.165, 1.54) is 43.4 Å². The highest BCUT2D eigenvalue weighted by atomic mass is 16.5. The fourth-order valence-corrected chi connectivity index (χ4v) is 4.92. The van der Waals surface area contributed by atoms with Crippen molar-refractivity contribution < 1.29 is 9.47 Å². The first kappa shape index (κ1) is 20.3. The van der Waals surface area contributed by atoms with Gasteiger partial charge < -0.3 is 9.47 Å². The van der Waals surface area contributed by atoms with Crippen molar-refractivity contribution in [3.63, 3.8) is 0 Å². The molecule has 0 fully saturated rings. The van der Waals surface area contributed by atoms with Crippen LogP contribution in [0.1, 0.15) is 0 Å². The summed E-state index contributed by atoms with van der Waals surface area (Å²) in [6, 6.07) is 38.7. The normalized spacial score (nSPS) is 11.2. The van der Waals surface area contributed by atoms with Crippen LogP contribution in [0.4, 0.5) is 0 Å². The molecule has 0 aromatic heterocycles. The molecular formula is C32H24O2. The molecule has 0 amide bonds. The van der Waals surface area contributed by atoms with Crippen LogP contribution in [0.3, 0.4) is 0 Å². The van der Waals surface area contributed by atoms with Gasteiger partial charge in [-0.15, -0.1) is 0 Å². The van der Waals surface area contributed by atoms with Gasteiger partial charge in [0.2, 0.25) is 0 Å². The van der Waals surface area contributed by atoms with Gasteiger partial charge in [0.1, 0.15) is 11.5 Å². The third-order valence-electron chi connectivity index (χ3n) is 6.64. The molecule has 34 heavy (non-hydrogen) atoms. The first-order chi connectivity index (χ1) is 16.7.